The Morgan fingerprint density at radius 2 is 1.94 bits per heavy atom. The molecule has 1 atom stereocenters. The summed E-state index contributed by atoms with van der Waals surface area (Å²) in [5, 5.41) is 8.30. The van der Waals surface area contributed by atoms with E-state index in [9.17, 15) is 17.6 Å². The van der Waals surface area contributed by atoms with Crippen LogP contribution in [0.15, 0.2) is 30.5 Å². The minimum absolute atomic E-state index is 0.0578. The van der Waals surface area contributed by atoms with Crippen molar-refractivity contribution in [1.82, 2.24) is 24.2 Å². The van der Waals surface area contributed by atoms with E-state index in [1.165, 1.54) is 31.4 Å². The zero-order valence-electron chi connectivity index (χ0n) is 18.9. The Kier molecular flexibility index (Phi) is 7.88. The standard InChI is InChI=1S/C21H28FN5O6S/c1-31-21(28)19-15-25(13-18-14-26(24-23-18)7-6-20-32-9-10-33-20)8-11-34(29,30)27(19)12-16-2-4-17(22)5-3-16/h2-5,14,19-20H,6-13,15H2,1H3. The minimum Gasteiger partial charge on any atom is -0.468 e. The smallest absolute Gasteiger partial charge is 0.325 e. The molecule has 11 nitrogen and oxygen atoms in total. The highest BCUT2D eigenvalue weighted by Crippen LogP contribution is 2.21. The van der Waals surface area contributed by atoms with Crippen LogP contribution < -0.4 is 0 Å². The maximum atomic E-state index is 13.3. The Morgan fingerprint density at radius 1 is 1.21 bits per heavy atom. The number of aromatic nitrogens is 3. The number of esters is 1. The molecule has 0 amide bonds. The van der Waals surface area contributed by atoms with Crippen molar-refractivity contribution in [2.75, 3.05) is 39.2 Å². The number of aryl methyl sites for hydroxylation is 1. The highest BCUT2D eigenvalue weighted by molar-refractivity contribution is 7.89. The fourth-order valence-corrected chi connectivity index (χ4v) is 5.60. The van der Waals surface area contributed by atoms with Crippen molar-refractivity contribution in [3.05, 3.63) is 47.5 Å². The van der Waals surface area contributed by atoms with Gasteiger partial charge in [-0.05, 0) is 17.7 Å². The fraction of sp³-hybridized carbons (Fsp3) is 0.571. The van der Waals surface area contributed by atoms with Crippen LogP contribution in [-0.2, 0) is 48.7 Å². The number of carbonyl (C=O) groups is 1. The predicted molar refractivity (Wildman–Crippen MR) is 117 cm³/mol. The molecular weight excluding hydrogens is 469 g/mol. The topological polar surface area (TPSA) is 116 Å². The Hall–Kier alpha value is -2.45. The number of halogens is 1. The minimum atomic E-state index is -3.78. The van der Waals surface area contributed by atoms with Gasteiger partial charge in [0.05, 0.1) is 31.8 Å². The molecule has 0 radical (unpaired) electrons. The first-order valence-corrected chi connectivity index (χ1v) is 12.6. The van der Waals surface area contributed by atoms with Crippen molar-refractivity contribution in [3.63, 3.8) is 0 Å². The summed E-state index contributed by atoms with van der Waals surface area (Å²) in [4.78, 5) is 14.5. The van der Waals surface area contributed by atoms with Gasteiger partial charge in [0, 0.05) is 45.3 Å². The number of sulfonamides is 1. The maximum Gasteiger partial charge on any atom is 0.325 e. The summed E-state index contributed by atoms with van der Waals surface area (Å²) >= 11 is 0. The lowest BCUT2D eigenvalue weighted by atomic mass is 10.2. The van der Waals surface area contributed by atoms with Crippen molar-refractivity contribution >= 4 is 16.0 Å². The first kappa shape index (κ1) is 24.7. The largest absolute Gasteiger partial charge is 0.468 e. The van der Waals surface area contributed by atoms with Crippen LogP contribution in [0.4, 0.5) is 4.39 Å². The van der Waals surface area contributed by atoms with Gasteiger partial charge in [0.25, 0.3) is 0 Å². The van der Waals surface area contributed by atoms with Crippen LogP contribution >= 0.6 is 0 Å². The molecule has 2 saturated heterocycles. The first-order chi connectivity index (χ1) is 16.3. The van der Waals surface area contributed by atoms with Crippen molar-refractivity contribution in [1.29, 1.82) is 0 Å². The number of hydrogen-bond acceptors (Lipinski definition) is 9. The van der Waals surface area contributed by atoms with Gasteiger partial charge in [0.1, 0.15) is 11.9 Å². The number of benzene rings is 1. The third kappa shape index (κ3) is 6.16. The van der Waals surface area contributed by atoms with Crippen molar-refractivity contribution in [3.8, 4) is 0 Å². The van der Waals surface area contributed by atoms with Gasteiger partial charge >= 0.3 is 5.97 Å². The van der Waals surface area contributed by atoms with Gasteiger partial charge in [-0.1, -0.05) is 17.3 Å². The number of hydrogen-bond donors (Lipinski definition) is 0. The molecule has 4 rings (SSSR count). The van der Waals surface area contributed by atoms with Crippen molar-refractivity contribution in [2.24, 2.45) is 0 Å². The molecule has 186 valence electrons. The quantitative estimate of drug-likeness (QED) is 0.477. The van der Waals surface area contributed by atoms with E-state index in [2.05, 4.69) is 10.3 Å². The van der Waals surface area contributed by atoms with Crippen molar-refractivity contribution < 1.29 is 31.8 Å². The van der Waals surface area contributed by atoms with Crippen LogP contribution in [0.5, 0.6) is 0 Å². The van der Waals surface area contributed by atoms with Crippen LogP contribution in [0, 0.1) is 5.82 Å². The van der Waals surface area contributed by atoms with Crippen LogP contribution in [0.1, 0.15) is 17.7 Å². The molecule has 2 aromatic rings. The van der Waals surface area contributed by atoms with E-state index in [1.807, 2.05) is 4.90 Å². The lowest BCUT2D eigenvalue weighted by molar-refractivity contribution is -0.145. The molecule has 0 spiro atoms. The maximum absolute atomic E-state index is 13.3. The number of ether oxygens (including phenoxy) is 3. The molecule has 34 heavy (non-hydrogen) atoms. The third-order valence-corrected chi connectivity index (χ3v) is 7.58. The van der Waals surface area contributed by atoms with E-state index in [0.29, 0.717) is 44.0 Å². The number of carbonyl (C=O) groups excluding carboxylic acids is 1. The second-order valence-corrected chi connectivity index (χ2v) is 10.2. The summed E-state index contributed by atoms with van der Waals surface area (Å²) in [7, 11) is -2.56. The van der Waals surface area contributed by atoms with E-state index in [1.54, 1.807) is 10.9 Å². The molecule has 2 fully saturated rings. The summed E-state index contributed by atoms with van der Waals surface area (Å²) < 4.78 is 58.0. The SMILES string of the molecule is COC(=O)C1CN(Cc2cn(CCC3OCCO3)nn2)CCS(=O)(=O)N1Cc1ccc(F)cc1. The number of rotatable bonds is 8. The Balaban J connectivity index is 1.45. The summed E-state index contributed by atoms with van der Waals surface area (Å²) in [5.74, 6) is -1.25. The van der Waals surface area contributed by atoms with Crippen LogP contribution in [0.3, 0.4) is 0 Å². The van der Waals surface area contributed by atoms with E-state index in [4.69, 9.17) is 14.2 Å². The van der Waals surface area contributed by atoms with Crippen LogP contribution in [0.2, 0.25) is 0 Å². The second kappa shape index (κ2) is 10.9. The highest BCUT2D eigenvalue weighted by atomic mass is 32.2. The van der Waals surface area contributed by atoms with E-state index >= 15 is 0 Å². The molecule has 0 bridgehead atoms. The average molecular weight is 498 g/mol. The molecule has 0 saturated carbocycles. The van der Waals surface area contributed by atoms with Gasteiger partial charge in [-0.25, -0.2) is 12.8 Å². The zero-order chi connectivity index (χ0) is 24.1. The fourth-order valence-electron chi connectivity index (χ4n) is 3.99. The molecule has 13 heteroatoms. The summed E-state index contributed by atoms with van der Waals surface area (Å²) in [5.41, 5.74) is 1.23. The Labute approximate surface area is 197 Å². The molecule has 0 aliphatic carbocycles. The molecular formula is C21H28FN5O6S. The molecule has 2 aliphatic heterocycles. The van der Waals surface area contributed by atoms with Crippen molar-refractivity contribution in [2.45, 2.75) is 38.4 Å². The van der Waals surface area contributed by atoms with Gasteiger partial charge < -0.3 is 14.2 Å². The second-order valence-electron chi connectivity index (χ2n) is 8.19. The molecule has 3 heterocycles. The van der Waals surface area contributed by atoms with Crippen LogP contribution in [0.25, 0.3) is 0 Å². The van der Waals surface area contributed by atoms with Gasteiger partial charge in [-0.3, -0.25) is 14.4 Å². The lowest BCUT2D eigenvalue weighted by Gasteiger charge is -2.28. The summed E-state index contributed by atoms with van der Waals surface area (Å²) in [6.45, 7) is 2.36. The van der Waals surface area contributed by atoms with Gasteiger partial charge in [0.15, 0.2) is 6.29 Å². The van der Waals surface area contributed by atoms with Gasteiger partial charge in [-0.15, -0.1) is 5.10 Å². The number of nitrogens with zero attached hydrogens (tertiary/aromatic N) is 5. The molecule has 0 N–H and O–H groups in total. The molecule has 1 aromatic heterocycles. The lowest BCUT2D eigenvalue weighted by Crippen LogP contribution is -2.48. The van der Waals surface area contributed by atoms with E-state index in [-0.39, 0.29) is 31.7 Å². The van der Waals surface area contributed by atoms with E-state index < -0.39 is 27.9 Å². The van der Waals surface area contributed by atoms with E-state index in [0.717, 1.165) is 4.31 Å². The zero-order valence-corrected chi connectivity index (χ0v) is 19.7. The van der Waals surface area contributed by atoms with Crippen LogP contribution in [-0.4, -0.2) is 90.1 Å². The molecule has 2 aliphatic rings. The highest BCUT2D eigenvalue weighted by Gasteiger charge is 2.40. The summed E-state index contributed by atoms with van der Waals surface area (Å²) in [6.07, 6.45) is 2.20. The normalized spacial score (nSPS) is 22.0. The Bertz CT molecular complexity index is 1070. The number of methoxy groups -OCH3 is 1. The predicted octanol–water partition coefficient (Wildman–Crippen LogP) is 0.369. The van der Waals surface area contributed by atoms with Gasteiger partial charge in [0.2, 0.25) is 10.0 Å². The molecule has 1 unspecified atom stereocenters. The first-order valence-electron chi connectivity index (χ1n) is 11.0. The monoisotopic (exact) mass is 497 g/mol. The Morgan fingerprint density at radius 3 is 2.65 bits per heavy atom. The molecule has 1 aromatic carbocycles. The average Bonchev–Trinajstić information content (AvgIpc) is 3.48. The van der Waals surface area contributed by atoms with Gasteiger partial charge in [-0.2, -0.15) is 4.31 Å². The third-order valence-electron chi connectivity index (χ3n) is 5.78. The summed E-state index contributed by atoms with van der Waals surface area (Å²) in [6, 6.07) is 4.47.